The van der Waals surface area contributed by atoms with Crippen LogP contribution >= 0.6 is 7.60 Å². The third-order valence-corrected chi connectivity index (χ3v) is 4.73. The van der Waals surface area contributed by atoms with E-state index in [0.29, 0.717) is 6.16 Å². The normalized spacial score (nSPS) is 13.6. The average molecular weight is 298 g/mol. The van der Waals surface area contributed by atoms with Crippen molar-refractivity contribution in [3.63, 3.8) is 0 Å². The van der Waals surface area contributed by atoms with Crippen LogP contribution < -0.4 is 0 Å². The molecule has 0 fully saturated rings. The molecule has 4 heteroatoms. The third-order valence-electron chi connectivity index (χ3n) is 2.32. The largest absolute Gasteiger partial charge is 0.336 e. The smallest absolute Gasteiger partial charge is 0.303 e. The van der Waals surface area contributed by atoms with Crippen molar-refractivity contribution in [2.75, 3.05) is 0 Å². The Kier molecular flexibility index (Phi) is 5.23. The SMILES string of the molecule is Cc1ccc(CP(=O)(OC(C)(C)C)OC(C)(C)C)cc1. The van der Waals surface area contributed by atoms with Crippen LogP contribution in [0.1, 0.15) is 52.7 Å². The number of benzene rings is 1. The lowest BCUT2D eigenvalue weighted by Gasteiger charge is -2.32. The van der Waals surface area contributed by atoms with Gasteiger partial charge in [-0.3, -0.25) is 4.57 Å². The Labute approximate surface area is 123 Å². The highest BCUT2D eigenvalue weighted by molar-refractivity contribution is 7.53. The lowest BCUT2D eigenvalue weighted by Crippen LogP contribution is -2.24. The molecular formula is C16H27O3P. The van der Waals surface area contributed by atoms with Crippen LogP contribution in [0.3, 0.4) is 0 Å². The van der Waals surface area contributed by atoms with Crippen LogP contribution in [0, 0.1) is 6.92 Å². The maximum atomic E-state index is 13.1. The van der Waals surface area contributed by atoms with Gasteiger partial charge in [-0.2, -0.15) is 0 Å². The summed E-state index contributed by atoms with van der Waals surface area (Å²) in [4.78, 5) is 0. The summed E-state index contributed by atoms with van der Waals surface area (Å²) < 4.78 is 24.6. The van der Waals surface area contributed by atoms with Crippen LogP contribution in [0.25, 0.3) is 0 Å². The topological polar surface area (TPSA) is 35.5 Å². The Bertz CT molecular complexity index is 458. The maximum Gasteiger partial charge on any atom is 0.336 e. The molecule has 0 aliphatic heterocycles. The summed E-state index contributed by atoms with van der Waals surface area (Å²) in [5.41, 5.74) is 1.13. The van der Waals surface area contributed by atoms with Crippen LogP contribution in [0.5, 0.6) is 0 Å². The first-order valence-corrected chi connectivity index (χ1v) is 8.68. The van der Waals surface area contributed by atoms with E-state index in [0.717, 1.165) is 5.56 Å². The maximum absolute atomic E-state index is 13.1. The lowest BCUT2D eigenvalue weighted by molar-refractivity contribution is 0.0485. The van der Waals surface area contributed by atoms with Crippen LogP contribution in [-0.4, -0.2) is 11.2 Å². The van der Waals surface area contributed by atoms with Crippen molar-refractivity contribution in [2.45, 2.75) is 65.8 Å². The molecular weight excluding hydrogens is 271 g/mol. The van der Waals surface area contributed by atoms with Crippen molar-refractivity contribution in [1.82, 2.24) is 0 Å². The Morgan fingerprint density at radius 3 is 1.65 bits per heavy atom. The number of hydrogen-bond donors (Lipinski definition) is 0. The highest BCUT2D eigenvalue weighted by Crippen LogP contribution is 2.56. The minimum atomic E-state index is -3.20. The second-order valence-corrected chi connectivity index (χ2v) is 9.07. The van der Waals surface area contributed by atoms with E-state index < -0.39 is 18.8 Å². The van der Waals surface area contributed by atoms with Crippen LogP contribution in [0.15, 0.2) is 24.3 Å². The van der Waals surface area contributed by atoms with Gasteiger partial charge in [0, 0.05) is 0 Å². The van der Waals surface area contributed by atoms with E-state index in [1.54, 1.807) is 0 Å². The van der Waals surface area contributed by atoms with E-state index in [2.05, 4.69) is 0 Å². The van der Waals surface area contributed by atoms with Gasteiger partial charge in [0.15, 0.2) is 0 Å². The zero-order valence-corrected chi connectivity index (χ0v) is 14.6. The van der Waals surface area contributed by atoms with E-state index in [1.165, 1.54) is 5.56 Å². The van der Waals surface area contributed by atoms with Crippen molar-refractivity contribution in [3.8, 4) is 0 Å². The Morgan fingerprint density at radius 2 is 1.30 bits per heavy atom. The Balaban J connectivity index is 2.98. The molecule has 0 unspecified atom stereocenters. The standard InChI is InChI=1S/C16H27O3P/c1-13-8-10-14(11-9-13)12-20(17,18-15(2,3)4)19-16(5,6)7/h8-11H,12H2,1-7H3. The summed E-state index contributed by atoms with van der Waals surface area (Å²) >= 11 is 0. The van der Waals surface area contributed by atoms with Crippen molar-refractivity contribution in [1.29, 1.82) is 0 Å². The fourth-order valence-corrected chi connectivity index (χ4v) is 4.33. The zero-order valence-electron chi connectivity index (χ0n) is 13.7. The number of hydrogen-bond acceptors (Lipinski definition) is 3. The molecule has 0 amide bonds. The van der Waals surface area contributed by atoms with Gasteiger partial charge < -0.3 is 9.05 Å². The first-order chi connectivity index (χ1) is 8.89. The summed E-state index contributed by atoms with van der Waals surface area (Å²) in [6.07, 6.45) is 0.293. The molecule has 0 spiro atoms. The van der Waals surface area contributed by atoms with Crippen molar-refractivity contribution in [2.24, 2.45) is 0 Å². The lowest BCUT2D eigenvalue weighted by atomic mass is 10.2. The summed E-state index contributed by atoms with van der Waals surface area (Å²) in [5, 5.41) is 0. The molecule has 0 aliphatic carbocycles. The molecule has 0 saturated carbocycles. The number of aryl methyl sites for hydroxylation is 1. The van der Waals surface area contributed by atoms with Crippen molar-refractivity contribution >= 4 is 7.60 Å². The van der Waals surface area contributed by atoms with Crippen LogP contribution in [0.4, 0.5) is 0 Å². The second-order valence-electron chi connectivity index (χ2n) is 7.16. The predicted octanol–water partition coefficient (Wildman–Crippen LogP) is 5.32. The molecule has 3 nitrogen and oxygen atoms in total. The first-order valence-electron chi connectivity index (χ1n) is 6.95. The fourth-order valence-electron chi connectivity index (χ4n) is 1.83. The first kappa shape index (κ1) is 17.4. The van der Waals surface area contributed by atoms with E-state index in [1.807, 2.05) is 72.7 Å². The molecule has 1 rings (SSSR count). The fraction of sp³-hybridized carbons (Fsp3) is 0.625. The summed E-state index contributed by atoms with van der Waals surface area (Å²) in [5.74, 6) is 0. The van der Waals surface area contributed by atoms with Crippen LogP contribution in [0.2, 0.25) is 0 Å². The third kappa shape index (κ3) is 6.69. The molecule has 0 aromatic heterocycles. The van der Waals surface area contributed by atoms with Gasteiger partial charge in [0.2, 0.25) is 0 Å². The van der Waals surface area contributed by atoms with E-state index in [-0.39, 0.29) is 0 Å². The molecule has 0 saturated heterocycles. The van der Waals surface area contributed by atoms with Gasteiger partial charge >= 0.3 is 7.60 Å². The molecule has 0 atom stereocenters. The number of rotatable bonds is 4. The van der Waals surface area contributed by atoms with Gasteiger partial charge in [-0.1, -0.05) is 29.8 Å². The zero-order chi connectivity index (χ0) is 15.6. The summed E-state index contributed by atoms with van der Waals surface area (Å²) in [6.45, 7) is 13.4. The highest BCUT2D eigenvalue weighted by Gasteiger charge is 2.35. The van der Waals surface area contributed by atoms with E-state index >= 15 is 0 Å². The van der Waals surface area contributed by atoms with Crippen LogP contribution in [-0.2, 0) is 19.8 Å². The Morgan fingerprint density at radius 1 is 0.900 bits per heavy atom. The Hall–Kier alpha value is -0.630. The highest BCUT2D eigenvalue weighted by atomic mass is 31.2. The van der Waals surface area contributed by atoms with Gasteiger partial charge in [0.1, 0.15) is 0 Å². The van der Waals surface area contributed by atoms with Crippen molar-refractivity contribution < 1.29 is 13.6 Å². The molecule has 0 bridgehead atoms. The molecule has 0 radical (unpaired) electrons. The molecule has 1 aromatic carbocycles. The predicted molar refractivity (Wildman–Crippen MR) is 84.2 cm³/mol. The van der Waals surface area contributed by atoms with Gasteiger partial charge in [-0.25, -0.2) is 0 Å². The van der Waals surface area contributed by atoms with Gasteiger partial charge in [-0.05, 0) is 54.0 Å². The molecule has 1 aromatic rings. The van der Waals surface area contributed by atoms with E-state index in [4.69, 9.17) is 9.05 Å². The summed E-state index contributed by atoms with van der Waals surface area (Å²) in [6, 6.07) is 7.96. The minimum absolute atomic E-state index is 0.293. The second kappa shape index (κ2) is 6.01. The summed E-state index contributed by atoms with van der Waals surface area (Å²) in [7, 11) is -3.20. The minimum Gasteiger partial charge on any atom is -0.303 e. The molecule has 0 N–H and O–H groups in total. The van der Waals surface area contributed by atoms with Gasteiger partial charge in [0.05, 0.1) is 17.4 Å². The monoisotopic (exact) mass is 298 g/mol. The quantitative estimate of drug-likeness (QED) is 0.706. The molecule has 0 heterocycles. The molecule has 114 valence electrons. The average Bonchev–Trinajstić information content (AvgIpc) is 2.15. The van der Waals surface area contributed by atoms with Gasteiger partial charge in [0.25, 0.3) is 0 Å². The van der Waals surface area contributed by atoms with Gasteiger partial charge in [-0.15, -0.1) is 0 Å². The van der Waals surface area contributed by atoms with E-state index in [9.17, 15) is 4.57 Å². The molecule has 20 heavy (non-hydrogen) atoms. The molecule has 0 aliphatic rings. The van der Waals surface area contributed by atoms with Crippen molar-refractivity contribution in [3.05, 3.63) is 35.4 Å².